The minimum Gasteiger partial charge on any atom is -0.388 e. The van der Waals surface area contributed by atoms with Crippen molar-refractivity contribution in [2.75, 3.05) is 11.9 Å². The molecule has 0 amide bonds. The first-order valence-electron chi connectivity index (χ1n) is 6.84. The second-order valence-corrected chi connectivity index (χ2v) is 6.03. The van der Waals surface area contributed by atoms with Crippen LogP contribution in [0.25, 0.3) is 0 Å². The molecule has 1 aromatic rings. The smallest absolute Gasteiger partial charge is 0.0876 e. The van der Waals surface area contributed by atoms with Gasteiger partial charge in [0, 0.05) is 28.5 Å². The summed E-state index contributed by atoms with van der Waals surface area (Å²) in [6.07, 6.45) is 7.05. The number of fused-ring (bicyclic) bond motifs is 1. The molecule has 3 rings (SSSR count). The van der Waals surface area contributed by atoms with Crippen LogP contribution in [0.3, 0.4) is 0 Å². The molecular weight excluding hydrogens is 316 g/mol. The third kappa shape index (κ3) is 2.77. The molecular formula is C15H17BrN4. The summed E-state index contributed by atoms with van der Waals surface area (Å²) >= 11 is 3.46. The first kappa shape index (κ1) is 13.4. The fourth-order valence-corrected chi connectivity index (χ4v) is 2.62. The topological polar surface area (TPSA) is 60.3 Å². The lowest BCUT2D eigenvalue weighted by Crippen LogP contribution is -2.32. The molecule has 1 aliphatic heterocycles. The lowest BCUT2D eigenvalue weighted by Gasteiger charge is -2.26. The van der Waals surface area contributed by atoms with Gasteiger partial charge in [0.1, 0.15) is 0 Å². The minimum atomic E-state index is 0.573. The highest BCUT2D eigenvalue weighted by Crippen LogP contribution is 2.31. The maximum atomic E-state index is 7.59. The zero-order valence-corrected chi connectivity index (χ0v) is 12.7. The fourth-order valence-electron chi connectivity index (χ4n) is 2.27. The summed E-state index contributed by atoms with van der Waals surface area (Å²) in [7, 11) is 0. The molecule has 1 aromatic carbocycles. The number of halogens is 1. The van der Waals surface area contributed by atoms with Gasteiger partial charge in [-0.1, -0.05) is 15.9 Å². The quantitative estimate of drug-likeness (QED) is 0.737. The predicted octanol–water partition coefficient (Wildman–Crippen LogP) is 3.62. The van der Waals surface area contributed by atoms with E-state index in [-0.39, 0.29) is 0 Å². The number of rotatable bonds is 4. The van der Waals surface area contributed by atoms with Gasteiger partial charge in [-0.15, -0.1) is 0 Å². The van der Waals surface area contributed by atoms with E-state index in [1.807, 2.05) is 24.4 Å². The second kappa shape index (κ2) is 5.79. The lowest BCUT2D eigenvalue weighted by atomic mass is 9.93. The van der Waals surface area contributed by atoms with Crippen LogP contribution in [0, 0.1) is 5.41 Å². The van der Waals surface area contributed by atoms with Gasteiger partial charge in [-0.25, -0.2) is 4.99 Å². The highest BCUT2D eigenvalue weighted by atomic mass is 79.9. The molecule has 3 N–H and O–H groups in total. The Morgan fingerprint density at radius 1 is 1.45 bits per heavy atom. The highest BCUT2D eigenvalue weighted by molar-refractivity contribution is 9.10. The largest absolute Gasteiger partial charge is 0.388 e. The minimum absolute atomic E-state index is 0.573. The van der Waals surface area contributed by atoms with Crippen molar-refractivity contribution in [2.24, 2.45) is 4.99 Å². The molecule has 20 heavy (non-hydrogen) atoms. The normalized spacial score (nSPS) is 18.4. The Labute approximate surface area is 127 Å². The molecule has 5 heteroatoms. The van der Waals surface area contributed by atoms with Crippen LogP contribution in [-0.2, 0) is 0 Å². The van der Waals surface area contributed by atoms with Crippen molar-refractivity contribution >= 4 is 39.2 Å². The van der Waals surface area contributed by atoms with Gasteiger partial charge in [0.25, 0.3) is 0 Å². The Kier molecular flexibility index (Phi) is 3.87. The average Bonchev–Trinajstić information content (AvgIpc) is 2.41. The summed E-state index contributed by atoms with van der Waals surface area (Å²) in [4.78, 5) is 4.66. The van der Waals surface area contributed by atoms with Crippen LogP contribution in [0.4, 0.5) is 11.4 Å². The maximum absolute atomic E-state index is 7.59. The van der Waals surface area contributed by atoms with Gasteiger partial charge in [0.2, 0.25) is 0 Å². The first-order chi connectivity index (χ1) is 9.76. The van der Waals surface area contributed by atoms with Crippen LogP contribution in [0.1, 0.15) is 19.3 Å². The number of anilines is 1. The molecule has 1 saturated carbocycles. The molecule has 104 valence electrons. The SMILES string of the molecule is N=C/C(=C\NC1CCC1)C1=Nc2cc(Br)ccc2NC1. The van der Waals surface area contributed by atoms with E-state index < -0.39 is 0 Å². The number of nitrogens with one attached hydrogen (secondary N) is 3. The van der Waals surface area contributed by atoms with E-state index in [1.54, 1.807) is 0 Å². The van der Waals surface area contributed by atoms with Gasteiger partial charge in [-0.3, -0.25) is 0 Å². The van der Waals surface area contributed by atoms with Crippen molar-refractivity contribution in [3.63, 3.8) is 0 Å². The standard InChI is InChI=1S/C15H17BrN4/c16-11-4-5-13-14(6-11)20-15(9-19-13)10(7-17)8-18-12-2-1-3-12/h4-8,12,17-19H,1-3,9H2/b10-8+,17-7?. The number of benzene rings is 1. The summed E-state index contributed by atoms with van der Waals surface area (Å²) in [5, 5.41) is 14.3. The van der Waals surface area contributed by atoms with E-state index in [4.69, 9.17) is 5.41 Å². The Morgan fingerprint density at radius 3 is 3.00 bits per heavy atom. The van der Waals surface area contributed by atoms with Crippen LogP contribution in [0.15, 0.2) is 39.4 Å². The Morgan fingerprint density at radius 2 is 2.30 bits per heavy atom. The van der Waals surface area contributed by atoms with Gasteiger partial charge in [0.05, 0.1) is 23.6 Å². The van der Waals surface area contributed by atoms with E-state index in [0.717, 1.165) is 27.1 Å². The van der Waals surface area contributed by atoms with E-state index in [1.165, 1.54) is 25.5 Å². The first-order valence-corrected chi connectivity index (χ1v) is 7.63. The molecule has 4 nitrogen and oxygen atoms in total. The maximum Gasteiger partial charge on any atom is 0.0876 e. The summed E-state index contributed by atoms with van der Waals surface area (Å²) in [6, 6.07) is 6.57. The monoisotopic (exact) mass is 332 g/mol. The zero-order chi connectivity index (χ0) is 13.9. The number of nitrogens with zero attached hydrogens (tertiary/aromatic N) is 1. The van der Waals surface area contributed by atoms with Gasteiger partial charge in [0.15, 0.2) is 0 Å². The van der Waals surface area contributed by atoms with Gasteiger partial charge in [-0.2, -0.15) is 0 Å². The third-order valence-corrected chi connectivity index (χ3v) is 4.22. The van der Waals surface area contributed by atoms with Crippen molar-refractivity contribution in [3.8, 4) is 0 Å². The zero-order valence-electron chi connectivity index (χ0n) is 11.1. The molecule has 0 aromatic heterocycles. The molecule has 0 atom stereocenters. The van der Waals surface area contributed by atoms with Crippen LogP contribution < -0.4 is 10.6 Å². The van der Waals surface area contributed by atoms with Crippen molar-refractivity contribution < 1.29 is 0 Å². The molecule has 1 fully saturated rings. The molecule has 0 unspecified atom stereocenters. The Hall–Kier alpha value is -1.62. The van der Waals surface area contributed by atoms with Crippen molar-refractivity contribution in [1.82, 2.24) is 5.32 Å². The Bertz CT molecular complexity index is 588. The molecule has 1 aliphatic carbocycles. The molecule has 2 aliphatic rings. The fraction of sp³-hybridized carbons (Fsp3) is 0.333. The van der Waals surface area contributed by atoms with Crippen LogP contribution in [0.2, 0.25) is 0 Å². The van der Waals surface area contributed by atoms with E-state index in [0.29, 0.717) is 12.6 Å². The molecule has 0 bridgehead atoms. The number of aliphatic imine (C=N–C) groups is 1. The van der Waals surface area contributed by atoms with Crippen molar-refractivity contribution in [2.45, 2.75) is 25.3 Å². The average molecular weight is 333 g/mol. The summed E-state index contributed by atoms with van der Waals surface area (Å²) in [6.45, 7) is 0.655. The molecule has 0 saturated heterocycles. The molecule has 1 heterocycles. The summed E-state index contributed by atoms with van der Waals surface area (Å²) in [5.41, 5.74) is 3.69. The van der Waals surface area contributed by atoms with Crippen LogP contribution >= 0.6 is 15.9 Å². The van der Waals surface area contributed by atoms with Gasteiger partial charge >= 0.3 is 0 Å². The van der Waals surface area contributed by atoms with Crippen LogP contribution in [-0.4, -0.2) is 24.5 Å². The lowest BCUT2D eigenvalue weighted by molar-refractivity contribution is 0.373. The predicted molar refractivity (Wildman–Crippen MR) is 87.4 cm³/mol. The van der Waals surface area contributed by atoms with E-state index in [9.17, 15) is 0 Å². The highest BCUT2D eigenvalue weighted by Gasteiger charge is 2.17. The molecule has 0 radical (unpaired) electrons. The molecule has 0 spiro atoms. The van der Waals surface area contributed by atoms with Crippen molar-refractivity contribution in [1.29, 1.82) is 5.41 Å². The summed E-state index contributed by atoms with van der Waals surface area (Å²) < 4.78 is 1.01. The van der Waals surface area contributed by atoms with Gasteiger partial charge < -0.3 is 16.0 Å². The van der Waals surface area contributed by atoms with Gasteiger partial charge in [-0.05, 0) is 37.5 Å². The second-order valence-electron chi connectivity index (χ2n) is 5.11. The Balaban J connectivity index is 1.83. The van der Waals surface area contributed by atoms with E-state index in [2.05, 4.69) is 31.6 Å². The van der Waals surface area contributed by atoms with Crippen LogP contribution in [0.5, 0.6) is 0 Å². The summed E-state index contributed by atoms with van der Waals surface area (Å²) in [5.74, 6) is 0. The number of hydrogen-bond acceptors (Lipinski definition) is 4. The third-order valence-electron chi connectivity index (χ3n) is 3.73. The van der Waals surface area contributed by atoms with E-state index >= 15 is 0 Å². The van der Waals surface area contributed by atoms with Crippen molar-refractivity contribution in [3.05, 3.63) is 34.4 Å². The number of hydrogen-bond donors (Lipinski definition) is 3.